The van der Waals surface area contributed by atoms with E-state index in [4.69, 9.17) is 5.73 Å². The van der Waals surface area contributed by atoms with E-state index in [1.807, 2.05) is 11.3 Å². The van der Waals surface area contributed by atoms with Gasteiger partial charge in [-0.1, -0.05) is 18.2 Å². The van der Waals surface area contributed by atoms with E-state index in [0.717, 1.165) is 0 Å². The van der Waals surface area contributed by atoms with Crippen molar-refractivity contribution >= 4 is 11.3 Å². The van der Waals surface area contributed by atoms with Crippen LogP contribution in [0, 0.1) is 27.7 Å². The van der Waals surface area contributed by atoms with Gasteiger partial charge in [0.05, 0.1) is 6.04 Å². The van der Waals surface area contributed by atoms with Gasteiger partial charge in [-0.15, -0.1) is 11.3 Å². The highest BCUT2D eigenvalue weighted by molar-refractivity contribution is 7.12. The molecule has 0 radical (unpaired) electrons. The SMILES string of the molecule is Cc1cc(C(N)c2c(C)cccc2C)c(C)s1. The summed E-state index contributed by atoms with van der Waals surface area (Å²) in [6, 6.07) is 8.58. The molecule has 1 aromatic carbocycles. The lowest BCUT2D eigenvalue weighted by Gasteiger charge is -2.17. The van der Waals surface area contributed by atoms with Crippen LogP contribution in [0.2, 0.25) is 0 Å². The van der Waals surface area contributed by atoms with Crippen LogP contribution in [0.15, 0.2) is 24.3 Å². The molecule has 2 rings (SSSR count). The predicted octanol–water partition coefficient (Wildman–Crippen LogP) is 4.03. The quantitative estimate of drug-likeness (QED) is 0.849. The van der Waals surface area contributed by atoms with Gasteiger partial charge in [0.25, 0.3) is 0 Å². The number of benzene rings is 1. The molecule has 0 bridgehead atoms. The van der Waals surface area contributed by atoms with E-state index < -0.39 is 0 Å². The highest BCUT2D eigenvalue weighted by atomic mass is 32.1. The smallest absolute Gasteiger partial charge is 0.0567 e. The molecule has 0 amide bonds. The molecule has 1 nitrogen and oxygen atoms in total. The van der Waals surface area contributed by atoms with Gasteiger partial charge < -0.3 is 5.73 Å². The van der Waals surface area contributed by atoms with E-state index in [9.17, 15) is 0 Å². The third-order valence-electron chi connectivity index (χ3n) is 3.27. The fourth-order valence-corrected chi connectivity index (χ4v) is 3.41. The van der Waals surface area contributed by atoms with Gasteiger partial charge in [-0.05, 0) is 56.0 Å². The highest BCUT2D eigenvalue weighted by Gasteiger charge is 2.17. The Morgan fingerprint density at radius 1 is 1.06 bits per heavy atom. The Bertz CT molecular complexity index is 520. The average molecular weight is 245 g/mol. The lowest BCUT2D eigenvalue weighted by molar-refractivity contribution is 0.849. The summed E-state index contributed by atoms with van der Waals surface area (Å²) < 4.78 is 0. The van der Waals surface area contributed by atoms with Crippen LogP contribution in [-0.2, 0) is 0 Å². The molecule has 0 aliphatic rings. The summed E-state index contributed by atoms with van der Waals surface area (Å²) in [5.41, 5.74) is 11.5. The minimum atomic E-state index is 0.00106. The molecule has 2 N–H and O–H groups in total. The zero-order valence-corrected chi connectivity index (χ0v) is 11.7. The molecule has 0 aliphatic heterocycles. The molecule has 1 heterocycles. The lowest BCUT2D eigenvalue weighted by Crippen LogP contribution is -2.15. The van der Waals surface area contributed by atoms with Gasteiger partial charge in [0.1, 0.15) is 0 Å². The Labute approximate surface area is 107 Å². The van der Waals surface area contributed by atoms with Gasteiger partial charge in [-0.25, -0.2) is 0 Å². The Kier molecular flexibility index (Phi) is 3.36. The third kappa shape index (κ3) is 2.28. The van der Waals surface area contributed by atoms with Crippen molar-refractivity contribution in [2.24, 2.45) is 5.73 Å². The van der Waals surface area contributed by atoms with Crippen molar-refractivity contribution in [3.63, 3.8) is 0 Å². The number of thiophene rings is 1. The van der Waals surface area contributed by atoms with Crippen LogP contribution in [0.4, 0.5) is 0 Å². The van der Waals surface area contributed by atoms with Gasteiger partial charge in [0, 0.05) is 9.75 Å². The number of nitrogens with two attached hydrogens (primary N) is 1. The van der Waals surface area contributed by atoms with Crippen LogP contribution in [-0.4, -0.2) is 0 Å². The minimum Gasteiger partial charge on any atom is -0.320 e. The first-order valence-electron chi connectivity index (χ1n) is 5.89. The topological polar surface area (TPSA) is 26.0 Å². The summed E-state index contributed by atoms with van der Waals surface area (Å²) in [7, 11) is 0. The molecule has 0 aliphatic carbocycles. The molecule has 0 fully saturated rings. The number of rotatable bonds is 2. The maximum Gasteiger partial charge on any atom is 0.0567 e. The van der Waals surface area contributed by atoms with Crippen molar-refractivity contribution in [3.8, 4) is 0 Å². The van der Waals surface area contributed by atoms with Crippen molar-refractivity contribution in [2.75, 3.05) is 0 Å². The third-order valence-corrected chi connectivity index (χ3v) is 4.25. The second-order valence-electron chi connectivity index (χ2n) is 4.65. The fourth-order valence-electron chi connectivity index (χ4n) is 2.43. The van der Waals surface area contributed by atoms with Crippen molar-refractivity contribution < 1.29 is 0 Å². The normalized spacial score (nSPS) is 12.8. The van der Waals surface area contributed by atoms with Crippen LogP contribution in [0.5, 0.6) is 0 Å². The fraction of sp³-hybridized carbons (Fsp3) is 0.333. The van der Waals surface area contributed by atoms with Crippen molar-refractivity contribution in [2.45, 2.75) is 33.7 Å². The molecule has 0 saturated heterocycles. The molecule has 2 aromatic rings. The zero-order valence-electron chi connectivity index (χ0n) is 10.9. The maximum absolute atomic E-state index is 6.44. The molecule has 90 valence electrons. The van der Waals surface area contributed by atoms with E-state index in [1.54, 1.807) is 0 Å². The Morgan fingerprint density at radius 2 is 1.65 bits per heavy atom. The zero-order chi connectivity index (χ0) is 12.6. The number of aryl methyl sites for hydroxylation is 4. The minimum absolute atomic E-state index is 0.00106. The molecular formula is C15H19NS. The van der Waals surface area contributed by atoms with Gasteiger partial charge in [0.15, 0.2) is 0 Å². The molecule has 2 heteroatoms. The Hall–Kier alpha value is -1.12. The average Bonchev–Trinajstić information content (AvgIpc) is 2.57. The van der Waals surface area contributed by atoms with Gasteiger partial charge in [0.2, 0.25) is 0 Å². The van der Waals surface area contributed by atoms with Crippen molar-refractivity contribution in [1.29, 1.82) is 0 Å². The van der Waals surface area contributed by atoms with Crippen LogP contribution in [0.1, 0.15) is 38.0 Å². The van der Waals surface area contributed by atoms with E-state index in [2.05, 4.69) is 52.0 Å². The first-order valence-corrected chi connectivity index (χ1v) is 6.71. The monoisotopic (exact) mass is 245 g/mol. The predicted molar refractivity (Wildman–Crippen MR) is 75.7 cm³/mol. The van der Waals surface area contributed by atoms with E-state index in [0.29, 0.717) is 0 Å². The molecule has 1 atom stereocenters. The number of hydrogen-bond donors (Lipinski definition) is 1. The largest absolute Gasteiger partial charge is 0.320 e. The van der Waals surface area contributed by atoms with Gasteiger partial charge >= 0.3 is 0 Å². The summed E-state index contributed by atoms with van der Waals surface area (Å²) in [6.45, 7) is 8.56. The van der Waals surface area contributed by atoms with Crippen LogP contribution < -0.4 is 5.73 Å². The highest BCUT2D eigenvalue weighted by Crippen LogP contribution is 2.31. The molecule has 0 spiro atoms. The first-order chi connectivity index (χ1) is 8.00. The maximum atomic E-state index is 6.44. The van der Waals surface area contributed by atoms with Crippen LogP contribution in [0.25, 0.3) is 0 Å². The van der Waals surface area contributed by atoms with E-state index >= 15 is 0 Å². The molecule has 1 unspecified atom stereocenters. The van der Waals surface area contributed by atoms with E-state index in [1.165, 1.54) is 32.0 Å². The number of hydrogen-bond acceptors (Lipinski definition) is 2. The summed E-state index contributed by atoms with van der Waals surface area (Å²) >= 11 is 1.82. The molecular weight excluding hydrogens is 226 g/mol. The summed E-state index contributed by atoms with van der Waals surface area (Å²) in [6.07, 6.45) is 0. The van der Waals surface area contributed by atoms with Gasteiger partial charge in [-0.3, -0.25) is 0 Å². The first kappa shape index (κ1) is 12.3. The Balaban J connectivity index is 2.51. The Morgan fingerprint density at radius 3 is 2.12 bits per heavy atom. The van der Waals surface area contributed by atoms with Gasteiger partial charge in [-0.2, -0.15) is 0 Å². The molecule has 17 heavy (non-hydrogen) atoms. The lowest BCUT2D eigenvalue weighted by atomic mass is 9.92. The molecule has 0 saturated carbocycles. The second kappa shape index (κ2) is 4.63. The summed E-state index contributed by atoms with van der Waals surface area (Å²) in [5.74, 6) is 0. The van der Waals surface area contributed by atoms with E-state index in [-0.39, 0.29) is 6.04 Å². The second-order valence-corrected chi connectivity index (χ2v) is 6.11. The van der Waals surface area contributed by atoms with Crippen LogP contribution >= 0.6 is 11.3 Å². The summed E-state index contributed by atoms with van der Waals surface area (Å²) in [4.78, 5) is 2.66. The van der Waals surface area contributed by atoms with Crippen LogP contribution in [0.3, 0.4) is 0 Å². The molecule has 1 aromatic heterocycles. The van der Waals surface area contributed by atoms with Crippen molar-refractivity contribution in [3.05, 3.63) is 56.3 Å². The standard InChI is InChI=1S/C15H19NS/c1-9-6-5-7-10(2)14(9)15(16)13-8-11(3)17-12(13)4/h5-8,15H,16H2,1-4H3. The van der Waals surface area contributed by atoms with Crippen molar-refractivity contribution in [1.82, 2.24) is 0 Å². The summed E-state index contributed by atoms with van der Waals surface area (Å²) in [5, 5.41) is 0.